The molecule has 5 heteroatoms. The van der Waals surface area contributed by atoms with Crippen LogP contribution in [0.5, 0.6) is 5.75 Å². The Morgan fingerprint density at radius 2 is 1.96 bits per heavy atom. The maximum Gasteiger partial charge on any atom is 0.303 e. The van der Waals surface area contributed by atoms with Crippen molar-refractivity contribution in [3.63, 3.8) is 0 Å². The van der Waals surface area contributed by atoms with Crippen LogP contribution in [0, 0.1) is 5.92 Å². The van der Waals surface area contributed by atoms with Gasteiger partial charge in [0.15, 0.2) is 0 Å². The second kappa shape index (κ2) is 7.99. The zero-order valence-corrected chi connectivity index (χ0v) is 13.8. The number of amides is 1. The summed E-state index contributed by atoms with van der Waals surface area (Å²) in [6.45, 7) is 3.36. The molecule has 1 saturated heterocycles. The van der Waals surface area contributed by atoms with E-state index in [2.05, 4.69) is 0 Å². The molecular weight excluding hydrogens is 294 g/mol. The molecule has 1 aromatic carbocycles. The molecular formula is C18H25NO4. The van der Waals surface area contributed by atoms with Crippen LogP contribution in [-0.2, 0) is 9.59 Å². The van der Waals surface area contributed by atoms with Crippen LogP contribution in [0.1, 0.15) is 44.1 Å². The van der Waals surface area contributed by atoms with Gasteiger partial charge in [-0.05, 0) is 36.3 Å². The minimum absolute atomic E-state index is 0.0930. The molecule has 1 fully saturated rings. The number of carbonyl (C=O) groups excluding carboxylic acids is 1. The van der Waals surface area contributed by atoms with Crippen molar-refractivity contribution in [3.05, 3.63) is 29.8 Å². The van der Waals surface area contributed by atoms with Gasteiger partial charge >= 0.3 is 5.97 Å². The second-order valence-corrected chi connectivity index (χ2v) is 6.27. The molecule has 1 aliphatic heterocycles. The molecule has 1 amide bonds. The minimum atomic E-state index is -0.750. The number of ether oxygens (including phenoxy) is 1. The van der Waals surface area contributed by atoms with Gasteiger partial charge in [0.05, 0.1) is 7.11 Å². The SMILES string of the molecule is COc1ccccc1C(C)CC(=O)N1CCC(CC(=O)O)CC1. The Labute approximate surface area is 137 Å². The van der Waals surface area contributed by atoms with E-state index in [0.717, 1.165) is 24.2 Å². The summed E-state index contributed by atoms with van der Waals surface area (Å²) in [6.07, 6.45) is 2.21. The third kappa shape index (κ3) is 4.71. The lowest BCUT2D eigenvalue weighted by molar-refractivity contribution is -0.138. The Kier molecular flexibility index (Phi) is 6.02. The fourth-order valence-electron chi connectivity index (χ4n) is 3.21. The Balaban J connectivity index is 1.88. The maximum atomic E-state index is 12.5. The van der Waals surface area contributed by atoms with E-state index < -0.39 is 5.97 Å². The van der Waals surface area contributed by atoms with Crippen LogP contribution in [0.25, 0.3) is 0 Å². The maximum absolute atomic E-state index is 12.5. The number of aliphatic carboxylic acids is 1. The van der Waals surface area contributed by atoms with Crippen LogP contribution >= 0.6 is 0 Å². The van der Waals surface area contributed by atoms with E-state index >= 15 is 0 Å². The number of piperidine rings is 1. The lowest BCUT2D eigenvalue weighted by Gasteiger charge is -2.32. The van der Waals surface area contributed by atoms with Crippen LogP contribution < -0.4 is 4.74 Å². The lowest BCUT2D eigenvalue weighted by atomic mass is 9.92. The molecule has 0 aromatic heterocycles. The molecule has 5 nitrogen and oxygen atoms in total. The molecule has 1 atom stereocenters. The Morgan fingerprint density at radius 1 is 1.30 bits per heavy atom. The molecule has 23 heavy (non-hydrogen) atoms. The molecule has 1 aromatic rings. The van der Waals surface area contributed by atoms with Gasteiger partial charge in [0, 0.05) is 25.9 Å². The second-order valence-electron chi connectivity index (χ2n) is 6.27. The zero-order chi connectivity index (χ0) is 16.8. The summed E-state index contributed by atoms with van der Waals surface area (Å²) in [4.78, 5) is 25.1. The highest BCUT2D eigenvalue weighted by Crippen LogP contribution is 2.29. The molecule has 0 saturated carbocycles. The van der Waals surface area contributed by atoms with Crippen LogP contribution in [0.4, 0.5) is 0 Å². The molecule has 0 aliphatic carbocycles. The molecule has 0 bridgehead atoms. The third-order valence-corrected chi connectivity index (χ3v) is 4.58. The zero-order valence-electron chi connectivity index (χ0n) is 13.8. The topological polar surface area (TPSA) is 66.8 Å². The van der Waals surface area contributed by atoms with E-state index in [1.807, 2.05) is 36.1 Å². The monoisotopic (exact) mass is 319 g/mol. The first-order chi connectivity index (χ1) is 11.0. The smallest absolute Gasteiger partial charge is 0.303 e. The van der Waals surface area contributed by atoms with Gasteiger partial charge in [0.1, 0.15) is 5.75 Å². The van der Waals surface area contributed by atoms with Crippen molar-refractivity contribution in [2.24, 2.45) is 5.92 Å². The number of carboxylic acid groups (broad SMARTS) is 1. The van der Waals surface area contributed by atoms with Crippen LogP contribution in [0.2, 0.25) is 0 Å². The van der Waals surface area contributed by atoms with Crippen molar-refractivity contribution in [1.29, 1.82) is 0 Å². The van der Waals surface area contributed by atoms with E-state index in [0.29, 0.717) is 19.5 Å². The number of methoxy groups -OCH3 is 1. The van der Waals surface area contributed by atoms with Crippen molar-refractivity contribution in [1.82, 2.24) is 4.90 Å². The summed E-state index contributed by atoms with van der Waals surface area (Å²) >= 11 is 0. The molecule has 1 unspecified atom stereocenters. The van der Waals surface area contributed by atoms with Gasteiger partial charge in [-0.3, -0.25) is 9.59 Å². The molecule has 0 radical (unpaired) electrons. The average molecular weight is 319 g/mol. The van der Waals surface area contributed by atoms with E-state index in [1.165, 1.54) is 0 Å². The van der Waals surface area contributed by atoms with E-state index in [4.69, 9.17) is 9.84 Å². The van der Waals surface area contributed by atoms with Gasteiger partial charge < -0.3 is 14.7 Å². The van der Waals surface area contributed by atoms with E-state index in [1.54, 1.807) is 7.11 Å². The number of carbonyl (C=O) groups is 2. The highest BCUT2D eigenvalue weighted by Gasteiger charge is 2.25. The predicted molar refractivity (Wildman–Crippen MR) is 87.6 cm³/mol. The number of benzene rings is 1. The van der Waals surface area contributed by atoms with Gasteiger partial charge in [0.2, 0.25) is 5.91 Å². The Bertz CT molecular complexity index is 550. The van der Waals surface area contributed by atoms with Gasteiger partial charge in [-0.2, -0.15) is 0 Å². The summed E-state index contributed by atoms with van der Waals surface area (Å²) in [5, 5.41) is 8.84. The molecule has 126 valence electrons. The van der Waals surface area contributed by atoms with Crippen molar-refractivity contribution in [2.75, 3.05) is 20.2 Å². The Hall–Kier alpha value is -2.04. The molecule has 0 spiro atoms. The summed E-state index contributed by atoms with van der Waals surface area (Å²) in [5.41, 5.74) is 1.05. The summed E-state index contributed by atoms with van der Waals surface area (Å²) in [7, 11) is 1.64. The van der Waals surface area contributed by atoms with Gasteiger partial charge in [-0.15, -0.1) is 0 Å². The third-order valence-electron chi connectivity index (χ3n) is 4.58. The Morgan fingerprint density at radius 3 is 2.57 bits per heavy atom. The number of nitrogens with zero attached hydrogens (tertiary/aromatic N) is 1. The lowest BCUT2D eigenvalue weighted by Crippen LogP contribution is -2.39. The fourth-order valence-corrected chi connectivity index (χ4v) is 3.21. The van der Waals surface area contributed by atoms with Crippen molar-refractivity contribution < 1.29 is 19.4 Å². The number of hydrogen-bond donors (Lipinski definition) is 1. The number of hydrogen-bond acceptors (Lipinski definition) is 3. The molecule has 1 N–H and O–H groups in total. The summed E-state index contributed by atoms with van der Waals surface area (Å²) < 4.78 is 5.36. The number of rotatable bonds is 6. The van der Waals surface area contributed by atoms with Gasteiger partial charge in [-0.25, -0.2) is 0 Å². The van der Waals surface area contributed by atoms with E-state index in [9.17, 15) is 9.59 Å². The summed E-state index contributed by atoms with van der Waals surface area (Å²) in [5.74, 6) is 0.489. The standard InChI is InChI=1S/C18H25NO4/c1-13(15-5-3-4-6-16(15)23-2)11-17(20)19-9-7-14(8-10-19)12-18(21)22/h3-6,13-14H,7-12H2,1-2H3,(H,21,22). The van der Waals surface area contributed by atoms with Crippen molar-refractivity contribution >= 4 is 11.9 Å². The quantitative estimate of drug-likeness (QED) is 0.875. The van der Waals surface area contributed by atoms with Crippen molar-refractivity contribution in [3.8, 4) is 5.75 Å². The number of carboxylic acids is 1. The first kappa shape index (κ1) is 17.3. The van der Waals surface area contributed by atoms with Crippen LogP contribution in [-0.4, -0.2) is 42.1 Å². The normalized spacial score (nSPS) is 16.9. The molecule has 1 heterocycles. The first-order valence-corrected chi connectivity index (χ1v) is 8.13. The minimum Gasteiger partial charge on any atom is -0.496 e. The van der Waals surface area contributed by atoms with Crippen molar-refractivity contribution in [2.45, 2.75) is 38.5 Å². The van der Waals surface area contributed by atoms with Crippen LogP contribution in [0.3, 0.4) is 0 Å². The molecule has 1 aliphatic rings. The van der Waals surface area contributed by atoms with Gasteiger partial charge in [0.25, 0.3) is 0 Å². The largest absolute Gasteiger partial charge is 0.496 e. The van der Waals surface area contributed by atoms with Gasteiger partial charge in [-0.1, -0.05) is 25.1 Å². The highest BCUT2D eigenvalue weighted by atomic mass is 16.5. The number of para-hydroxylation sites is 1. The highest BCUT2D eigenvalue weighted by molar-refractivity contribution is 5.77. The number of likely N-dealkylation sites (tertiary alicyclic amines) is 1. The average Bonchev–Trinajstić information content (AvgIpc) is 2.54. The molecule has 2 rings (SSSR count). The predicted octanol–water partition coefficient (Wildman–Crippen LogP) is 2.90. The summed E-state index contributed by atoms with van der Waals surface area (Å²) in [6, 6.07) is 7.78. The van der Waals surface area contributed by atoms with Crippen LogP contribution in [0.15, 0.2) is 24.3 Å². The first-order valence-electron chi connectivity index (χ1n) is 8.13. The fraction of sp³-hybridized carbons (Fsp3) is 0.556. The van der Waals surface area contributed by atoms with E-state index in [-0.39, 0.29) is 24.2 Å².